The van der Waals surface area contributed by atoms with E-state index < -0.39 is 16.2 Å². The summed E-state index contributed by atoms with van der Waals surface area (Å²) in [7, 11) is -3.29. The molecule has 1 N–H and O–H groups in total. The molecule has 1 heterocycles. The van der Waals surface area contributed by atoms with Gasteiger partial charge >= 0.3 is 6.36 Å². The van der Waals surface area contributed by atoms with Crippen LogP contribution in [0.15, 0.2) is 71.6 Å². The topological polar surface area (TPSA) is 90.3 Å². The van der Waals surface area contributed by atoms with Crippen molar-refractivity contribution < 1.29 is 31.1 Å². The quantitative estimate of drug-likeness (QED) is 0.279. The molecule has 1 amide bonds. The van der Waals surface area contributed by atoms with E-state index >= 15 is 0 Å². The fraction of sp³-hybridized carbons (Fsp3) is 0.286. The molecule has 11 heteroatoms. The van der Waals surface area contributed by atoms with Crippen LogP contribution < -0.4 is 10.1 Å². The van der Waals surface area contributed by atoms with Crippen molar-refractivity contribution in [1.82, 2.24) is 14.9 Å². The van der Waals surface area contributed by atoms with Gasteiger partial charge in [-0.15, -0.1) is 13.2 Å². The number of amides is 1. The summed E-state index contributed by atoms with van der Waals surface area (Å²) in [5.74, 6) is 0.136. The number of nitrogens with zero attached hydrogens (tertiary/aromatic N) is 2. The van der Waals surface area contributed by atoms with E-state index in [1.807, 2.05) is 24.5 Å². The van der Waals surface area contributed by atoms with E-state index in [9.17, 15) is 26.4 Å². The molecule has 3 aromatic carbocycles. The van der Waals surface area contributed by atoms with Crippen LogP contribution in [-0.2, 0) is 22.8 Å². The lowest BCUT2D eigenvalue weighted by atomic mass is 10.1. The summed E-state index contributed by atoms with van der Waals surface area (Å²) in [6, 6.07) is 17.4. The standard InChI is InChI=1S/C28H28F3N3O4S/c1-4-39(36,37)23-12-7-20(8-13-23)17-32-27(35)21-9-14-25-24(16-21)33-26(34(25)18(2)3)15-19-5-10-22(11-6-19)38-28(29,30)31/h5-14,16,18H,4,15,17H2,1-3H3,(H,32,35). The van der Waals surface area contributed by atoms with Crippen molar-refractivity contribution >= 4 is 26.8 Å². The second-order valence-corrected chi connectivity index (χ2v) is 11.6. The van der Waals surface area contributed by atoms with Crippen LogP contribution in [0.2, 0.25) is 0 Å². The molecular weight excluding hydrogens is 531 g/mol. The minimum Gasteiger partial charge on any atom is -0.406 e. The summed E-state index contributed by atoms with van der Waals surface area (Å²) in [5.41, 5.74) is 3.40. The molecular formula is C28H28F3N3O4S. The summed E-state index contributed by atoms with van der Waals surface area (Å²) in [5, 5.41) is 2.84. The third-order valence-electron chi connectivity index (χ3n) is 6.18. The third kappa shape index (κ3) is 6.78. The molecule has 1 aromatic heterocycles. The Labute approximate surface area is 224 Å². The number of hydrogen-bond donors (Lipinski definition) is 1. The molecule has 39 heavy (non-hydrogen) atoms. The molecule has 0 atom stereocenters. The van der Waals surface area contributed by atoms with Gasteiger partial charge in [0.2, 0.25) is 0 Å². The van der Waals surface area contributed by atoms with Crippen molar-refractivity contribution in [3.63, 3.8) is 0 Å². The maximum absolute atomic E-state index is 12.8. The molecule has 0 spiro atoms. The Morgan fingerprint density at radius 2 is 1.64 bits per heavy atom. The van der Waals surface area contributed by atoms with Crippen LogP contribution in [0.5, 0.6) is 5.75 Å². The van der Waals surface area contributed by atoms with Crippen LogP contribution in [-0.4, -0.2) is 36.0 Å². The van der Waals surface area contributed by atoms with Crippen molar-refractivity contribution in [2.75, 3.05) is 5.75 Å². The summed E-state index contributed by atoms with van der Waals surface area (Å²) in [6.07, 6.45) is -4.37. The van der Waals surface area contributed by atoms with Crippen LogP contribution in [0.3, 0.4) is 0 Å². The Balaban J connectivity index is 1.50. The number of sulfone groups is 1. The fourth-order valence-electron chi connectivity index (χ4n) is 4.25. The molecule has 0 aliphatic rings. The Morgan fingerprint density at radius 1 is 1.00 bits per heavy atom. The number of carbonyl (C=O) groups excluding carboxylic acids is 1. The number of ether oxygens (including phenoxy) is 1. The number of hydrogen-bond acceptors (Lipinski definition) is 5. The van der Waals surface area contributed by atoms with E-state index in [-0.39, 0.29) is 34.9 Å². The lowest BCUT2D eigenvalue weighted by Crippen LogP contribution is -2.22. The predicted molar refractivity (Wildman–Crippen MR) is 141 cm³/mol. The average molecular weight is 560 g/mol. The number of carbonyl (C=O) groups is 1. The van der Waals surface area contributed by atoms with Crippen molar-refractivity contribution in [1.29, 1.82) is 0 Å². The van der Waals surface area contributed by atoms with Crippen molar-refractivity contribution in [2.24, 2.45) is 0 Å². The van der Waals surface area contributed by atoms with E-state index in [0.29, 0.717) is 23.3 Å². The van der Waals surface area contributed by atoms with Gasteiger partial charge in [0.05, 0.1) is 21.7 Å². The van der Waals surface area contributed by atoms with Crippen molar-refractivity contribution in [3.8, 4) is 5.75 Å². The highest BCUT2D eigenvalue weighted by molar-refractivity contribution is 7.91. The molecule has 4 aromatic rings. The Hall–Kier alpha value is -3.86. The van der Waals surface area contributed by atoms with Crippen molar-refractivity contribution in [3.05, 3.63) is 89.2 Å². The second-order valence-electron chi connectivity index (χ2n) is 9.29. The lowest BCUT2D eigenvalue weighted by molar-refractivity contribution is -0.274. The number of alkyl halides is 3. The number of halogens is 3. The molecule has 0 radical (unpaired) electrons. The van der Waals surface area contributed by atoms with Gasteiger partial charge in [-0.05, 0) is 67.4 Å². The number of imidazole rings is 1. The van der Waals surface area contributed by atoms with E-state index in [0.717, 1.165) is 16.6 Å². The molecule has 0 fully saturated rings. The predicted octanol–water partition coefficient (Wildman–Crippen LogP) is 5.83. The largest absolute Gasteiger partial charge is 0.573 e. The third-order valence-corrected chi connectivity index (χ3v) is 7.93. The van der Waals surface area contributed by atoms with E-state index in [1.54, 1.807) is 43.3 Å². The van der Waals surface area contributed by atoms with E-state index in [2.05, 4.69) is 10.1 Å². The zero-order valence-electron chi connectivity index (χ0n) is 21.6. The van der Waals surface area contributed by atoms with Crippen LogP contribution in [0.25, 0.3) is 11.0 Å². The molecule has 0 saturated carbocycles. The van der Waals surface area contributed by atoms with E-state index in [1.165, 1.54) is 24.3 Å². The Kier molecular flexibility index (Phi) is 8.01. The molecule has 206 valence electrons. The van der Waals surface area contributed by atoms with Gasteiger partial charge in [0.1, 0.15) is 11.6 Å². The lowest BCUT2D eigenvalue weighted by Gasteiger charge is -2.14. The second kappa shape index (κ2) is 11.1. The highest BCUT2D eigenvalue weighted by Gasteiger charge is 2.31. The van der Waals surface area contributed by atoms with Crippen LogP contribution in [0, 0.1) is 0 Å². The Bertz CT molecular complexity index is 1580. The minimum absolute atomic E-state index is 0.0169. The van der Waals surface area contributed by atoms with Gasteiger partial charge in [-0.3, -0.25) is 4.79 Å². The highest BCUT2D eigenvalue weighted by Crippen LogP contribution is 2.26. The monoisotopic (exact) mass is 559 g/mol. The summed E-state index contributed by atoms with van der Waals surface area (Å²) >= 11 is 0. The molecule has 0 aliphatic heterocycles. The summed E-state index contributed by atoms with van der Waals surface area (Å²) in [4.78, 5) is 17.8. The first-order valence-electron chi connectivity index (χ1n) is 12.3. The van der Waals surface area contributed by atoms with Crippen molar-refractivity contribution in [2.45, 2.75) is 51.0 Å². The normalized spacial score (nSPS) is 12.2. The first-order chi connectivity index (χ1) is 18.4. The van der Waals surface area contributed by atoms with Gasteiger partial charge in [-0.2, -0.15) is 0 Å². The molecule has 4 rings (SSSR count). The van der Waals surface area contributed by atoms with E-state index in [4.69, 9.17) is 4.98 Å². The van der Waals surface area contributed by atoms with Gasteiger partial charge in [0.25, 0.3) is 5.91 Å². The molecule has 0 aliphatic carbocycles. The van der Waals surface area contributed by atoms with Gasteiger partial charge < -0.3 is 14.6 Å². The first-order valence-corrected chi connectivity index (χ1v) is 14.0. The minimum atomic E-state index is -4.75. The van der Waals surface area contributed by atoms with Gasteiger partial charge in [-0.25, -0.2) is 13.4 Å². The molecule has 0 unspecified atom stereocenters. The number of benzene rings is 3. The highest BCUT2D eigenvalue weighted by atomic mass is 32.2. The Morgan fingerprint density at radius 3 is 2.23 bits per heavy atom. The summed E-state index contributed by atoms with van der Waals surface area (Å²) < 4.78 is 67.3. The maximum Gasteiger partial charge on any atom is 0.573 e. The van der Waals surface area contributed by atoms with Crippen LogP contribution in [0.1, 0.15) is 54.1 Å². The average Bonchev–Trinajstić information content (AvgIpc) is 3.25. The van der Waals surface area contributed by atoms with Crippen LogP contribution in [0.4, 0.5) is 13.2 Å². The smallest absolute Gasteiger partial charge is 0.406 e. The zero-order chi connectivity index (χ0) is 28.4. The van der Waals surface area contributed by atoms with Crippen LogP contribution >= 0.6 is 0 Å². The molecule has 0 bridgehead atoms. The summed E-state index contributed by atoms with van der Waals surface area (Å²) in [6.45, 7) is 5.82. The molecule has 7 nitrogen and oxygen atoms in total. The number of aromatic nitrogens is 2. The first kappa shape index (κ1) is 28.2. The fourth-order valence-corrected chi connectivity index (χ4v) is 5.13. The van der Waals surface area contributed by atoms with Gasteiger partial charge in [0, 0.05) is 24.6 Å². The molecule has 0 saturated heterocycles. The number of rotatable bonds is 9. The number of fused-ring (bicyclic) bond motifs is 1. The zero-order valence-corrected chi connectivity index (χ0v) is 22.4. The van der Waals surface area contributed by atoms with Gasteiger partial charge in [0.15, 0.2) is 9.84 Å². The number of nitrogens with one attached hydrogen (secondary N) is 1. The van der Waals surface area contributed by atoms with Gasteiger partial charge in [-0.1, -0.05) is 31.2 Å². The SMILES string of the molecule is CCS(=O)(=O)c1ccc(CNC(=O)c2ccc3c(c2)nc(Cc2ccc(OC(F)(F)F)cc2)n3C(C)C)cc1. The maximum atomic E-state index is 12.8.